The minimum Gasteiger partial charge on any atom is -0.399 e. The summed E-state index contributed by atoms with van der Waals surface area (Å²) in [6, 6.07) is 11.6. The number of amides is 1. The molecule has 0 fully saturated rings. The van der Waals surface area contributed by atoms with Crippen LogP contribution < -0.4 is 5.73 Å². The van der Waals surface area contributed by atoms with E-state index in [0.29, 0.717) is 13.0 Å². The third kappa shape index (κ3) is 4.54. The summed E-state index contributed by atoms with van der Waals surface area (Å²) in [4.78, 5) is 15.3. The van der Waals surface area contributed by atoms with Crippen molar-refractivity contribution in [2.45, 2.75) is 19.9 Å². The van der Waals surface area contributed by atoms with Gasteiger partial charge in [-0.05, 0) is 36.1 Å². The molecule has 2 aromatic rings. The molecular weight excluding hydrogens is 292 g/mol. The minimum atomic E-state index is 0. The molecule has 0 radical (unpaired) electrons. The van der Waals surface area contributed by atoms with Crippen molar-refractivity contribution in [3.8, 4) is 0 Å². The highest BCUT2D eigenvalue weighted by molar-refractivity contribution is 7.09. The fourth-order valence-corrected chi connectivity index (χ4v) is 2.61. The molecule has 2 N–H and O–H groups in total. The Kier molecular flexibility index (Phi) is 6.55. The predicted octanol–water partition coefficient (Wildman–Crippen LogP) is 3.34. The van der Waals surface area contributed by atoms with E-state index in [1.807, 2.05) is 47.5 Å². The summed E-state index contributed by atoms with van der Waals surface area (Å²) < 4.78 is 0. The molecule has 0 unspecified atom stereocenters. The smallest absolute Gasteiger partial charge is 0.227 e. The first-order valence-electron chi connectivity index (χ1n) is 6.33. The van der Waals surface area contributed by atoms with Gasteiger partial charge in [0.25, 0.3) is 0 Å². The van der Waals surface area contributed by atoms with Crippen LogP contribution >= 0.6 is 23.7 Å². The Bertz CT molecular complexity index is 525. The number of benzene rings is 1. The van der Waals surface area contributed by atoms with Crippen LogP contribution in [-0.2, 0) is 17.8 Å². The maximum atomic E-state index is 12.3. The fourth-order valence-electron chi connectivity index (χ4n) is 1.89. The van der Waals surface area contributed by atoms with E-state index < -0.39 is 0 Å². The quantitative estimate of drug-likeness (QED) is 0.861. The number of nitrogens with zero attached hydrogens (tertiary/aromatic N) is 1. The molecule has 0 saturated carbocycles. The molecule has 108 valence electrons. The van der Waals surface area contributed by atoms with Gasteiger partial charge in [0.15, 0.2) is 0 Å². The van der Waals surface area contributed by atoms with Crippen LogP contribution in [0.4, 0.5) is 5.69 Å². The highest BCUT2D eigenvalue weighted by atomic mass is 35.5. The van der Waals surface area contributed by atoms with Gasteiger partial charge in [0.05, 0.1) is 13.0 Å². The van der Waals surface area contributed by atoms with Gasteiger partial charge < -0.3 is 10.6 Å². The van der Waals surface area contributed by atoms with Crippen molar-refractivity contribution < 1.29 is 4.79 Å². The molecule has 0 aliphatic heterocycles. The summed E-state index contributed by atoms with van der Waals surface area (Å²) in [7, 11) is 0. The van der Waals surface area contributed by atoms with Gasteiger partial charge in [0.2, 0.25) is 5.91 Å². The molecule has 1 heterocycles. The molecule has 0 saturated heterocycles. The van der Waals surface area contributed by atoms with Crippen molar-refractivity contribution in [3.63, 3.8) is 0 Å². The maximum absolute atomic E-state index is 12.3. The molecule has 20 heavy (non-hydrogen) atoms. The molecule has 3 nitrogen and oxygen atoms in total. The standard InChI is InChI=1S/C15H18N2OS.ClH/c1-2-17(11-14-4-3-9-19-14)15(18)10-12-5-7-13(16)8-6-12;/h3-9H,2,10-11,16H2,1H3;1H. The molecular formula is C15H19ClN2OS. The second-order valence-electron chi connectivity index (χ2n) is 4.41. The van der Waals surface area contributed by atoms with Gasteiger partial charge in [0.1, 0.15) is 0 Å². The number of carbonyl (C=O) groups excluding carboxylic acids is 1. The maximum Gasteiger partial charge on any atom is 0.227 e. The van der Waals surface area contributed by atoms with E-state index in [2.05, 4.69) is 6.07 Å². The number of carbonyl (C=O) groups is 1. The summed E-state index contributed by atoms with van der Waals surface area (Å²) in [5.41, 5.74) is 7.37. The third-order valence-electron chi connectivity index (χ3n) is 3.00. The van der Waals surface area contributed by atoms with Crippen LogP contribution in [0.3, 0.4) is 0 Å². The summed E-state index contributed by atoms with van der Waals surface area (Å²) in [5, 5.41) is 2.04. The highest BCUT2D eigenvalue weighted by Gasteiger charge is 2.13. The SMILES string of the molecule is CCN(Cc1cccs1)C(=O)Cc1ccc(N)cc1.Cl. The number of likely N-dealkylation sites (N-methyl/N-ethyl adjacent to an activating group) is 1. The monoisotopic (exact) mass is 310 g/mol. The van der Waals surface area contributed by atoms with Gasteiger partial charge >= 0.3 is 0 Å². The van der Waals surface area contributed by atoms with E-state index in [0.717, 1.165) is 17.8 Å². The first-order chi connectivity index (χ1) is 9.19. The Hall–Kier alpha value is -1.52. The molecule has 0 spiro atoms. The van der Waals surface area contributed by atoms with E-state index >= 15 is 0 Å². The van der Waals surface area contributed by atoms with Crippen molar-refractivity contribution >= 4 is 35.3 Å². The molecule has 2 rings (SSSR count). The lowest BCUT2D eigenvalue weighted by molar-refractivity contribution is -0.130. The van der Waals surface area contributed by atoms with Crippen molar-refractivity contribution in [3.05, 3.63) is 52.2 Å². The second-order valence-corrected chi connectivity index (χ2v) is 5.44. The van der Waals surface area contributed by atoms with Gasteiger partial charge in [-0.1, -0.05) is 18.2 Å². The van der Waals surface area contributed by atoms with Gasteiger partial charge in [-0.2, -0.15) is 0 Å². The normalized spacial score (nSPS) is 9.85. The number of anilines is 1. The Labute approximate surface area is 129 Å². The molecule has 1 amide bonds. The summed E-state index contributed by atoms with van der Waals surface area (Å²) in [6.07, 6.45) is 0.430. The number of nitrogen functional groups attached to an aromatic ring is 1. The van der Waals surface area contributed by atoms with Gasteiger partial charge in [-0.3, -0.25) is 4.79 Å². The fraction of sp³-hybridized carbons (Fsp3) is 0.267. The largest absolute Gasteiger partial charge is 0.399 e. The van der Waals surface area contributed by atoms with E-state index in [4.69, 9.17) is 5.73 Å². The van der Waals surface area contributed by atoms with Crippen LogP contribution in [-0.4, -0.2) is 17.4 Å². The zero-order valence-corrected chi connectivity index (χ0v) is 13.0. The number of nitrogens with two attached hydrogens (primary N) is 1. The average Bonchev–Trinajstić information content (AvgIpc) is 2.91. The molecule has 0 atom stereocenters. The first-order valence-corrected chi connectivity index (χ1v) is 7.21. The van der Waals surface area contributed by atoms with Crippen LogP contribution in [0.15, 0.2) is 41.8 Å². The van der Waals surface area contributed by atoms with Gasteiger partial charge in [-0.15, -0.1) is 23.7 Å². The van der Waals surface area contributed by atoms with Crippen LogP contribution in [0.25, 0.3) is 0 Å². The predicted molar refractivity (Wildman–Crippen MR) is 87.2 cm³/mol. The van der Waals surface area contributed by atoms with E-state index in [1.54, 1.807) is 11.3 Å². The van der Waals surface area contributed by atoms with Gasteiger partial charge in [0, 0.05) is 17.1 Å². The number of halogens is 1. The summed E-state index contributed by atoms with van der Waals surface area (Å²) >= 11 is 1.68. The topological polar surface area (TPSA) is 46.3 Å². The van der Waals surface area contributed by atoms with Crippen LogP contribution in [0.2, 0.25) is 0 Å². The highest BCUT2D eigenvalue weighted by Crippen LogP contribution is 2.13. The first kappa shape index (κ1) is 16.5. The Morgan fingerprint density at radius 3 is 2.50 bits per heavy atom. The number of hydrogen-bond donors (Lipinski definition) is 1. The van der Waals surface area contributed by atoms with E-state index in [9.17, 15) is 4.79 Å². The Morgan fingerprint density at radius 1 is 1.25 bits per heavy atom. The van der Waals surface area contributed by atoms with Crippen molar-refractivity contribution in [2.75, 3.05) is 12.3 Å². The number of thiophene rings is 1. The lowest BCUT2D eigenvalue weighted by atomic mass is 10.1. The van der Waals surface area contributed by atoms with E-state index in [-0.39, 0.29) is 18.3 Å². The van der Waals surface area contributed by atoms with Crippen LogP contribution in [0.1, 0.15) is 17.4 Å². The average molecular weight is 311 g/mol. The lowest BCUT2D eigenvalue weighted by Gasteiger charge is -2.20. The minimum absolute atomic E-state index is 0. The zero-order valence-electron chi connectivity index (χ0n) is 11.4. The Balaban J connectivity index is 0.00000200. The molecule has 1 aromatic heterocycles. The second kappa shape index (κ2) is 7.92. The third-order valence-corrected chi connectivity index (χ3v) is 3.86. The number of hydrogen-bond acceptors (Lipinski definition) is 3. The van der Waals surface area contributed by atoms with Crippen LogP contribution in [0.5, 0.6) is 0 Å². The van der Waals surface area contributed by atoms with Crippen LogP contribution in [0, 0.1) is 0 Å². The van der Waals surface area contributed by atoms with Crippen molar-refractivity contribution in [1.82, 2.24) is 4.90 Å². The van der Waals surface area contributed by atoms with Gasteiger partial charge in [-0.25, -0.2) is 0 Å². The Morgan fingerprint density at radius 2 is 1.95 bits per heavy atom. The molecule has 0 bridgehead atoms. The molecule has 0 aliphatic carbocycles. The zero-order chi connectivity index (χ0) is 13.7. The van der Waals surface area contributed by atoms with Crippen molar-refractivity contribution in [2.24, 2.45) is 0 Å². The summed E-state index contributed by atoms with van der Waals surface area (Å²) in [6.45, 7) is 3.43. The molecule has 0 aliphatic rings. The molecule has 5 heteroatoms. The molecule has 1 aromatic carbocycles. The summed E-state index contributed by atoms with van der Waals surface area (Å²) in [5.74, 6) is 0.153. The van der Waals surface area contributed by atoms with Crippen molar-refractivity contribution in [1.29, 1.82) is 0 Å². The van der Waals surface area contributed by atoms with E-state index in [1.165, 1.54) is 4.88 Å². The number of rotatable bonds is 5. The lowest BCUT2D eigenvalue weighted by Crippen LogP contribution is -2.31.